The molecule has 1 aromatic heterocycles. The van der Waals surface area contributed by atoms with E-state index >= 15 is 0 Å². The number of anilines is 3. The first-order valence-corrected chi connectivity index (χ1v) is 8.06. The van der Waals surface area contributed by atoms with Crippen LogP contribution in [0.3, 0.4) is 0 Å². The van der Waals surface area contributed by atoms with Crippen molar-refractivity contribution in [2.24, 2.45) is 0 Å². The number of benzene rings is 2. The predicted molar refractivity (Wildman–Crippen MR) is 101 cm³/mol. The van der Waals surface area contributed by atoms with Crippen molar-refractivity contribution in [3.05, 3.63) is 81.6 Å². The summed E-state index contributed by atoms with van der Waals surface area (Å²) < 4.78 is 0. The molecular formula is C17H15ClN6O2. The molecule has 0 spiro atoms. The maximum atomic E-state index is 11.5. The van der Waals surface area contributed by atoms with Crippen molar-refractivity contribution in [2.45, 2.75) is 6.54 Å². The fourth-order valence-corrected chi connectivity index (χ4v) is 2.34. The average Bonchev–Trinajstić information content (AvgIpc) is 2.66. The third-order valence-electron chi connectivity index (χ3n) is 3.48. The van der Waals surface area contributed by atoms with Gasteiger partial charge < -0.3 is 5.32 Å². The van der Waals surface area contributed by atoms with Crippen LogP contribution in [0.4, 0.5) is 23.0 Å². The Bertz CT molecular complexity index is 890. The molecule has 0 aliphatic heterocycles. The predicted octanol–water partition coefficient (Wildman–Crippen LogP) is 4.09. The van der Waals surface area contributed by atoms with Crippen LogP contribution in [-0.2, 0) is 6.54 Å². The Hall–Kier alpha value is -3.39. The summed E-state index contributed by atoms with van der Waals surface area (Å²) in [6.45, 7) is 0.362. The van der Waals surface area contributed by atoms with Crippen LogP contribution in [0.5, 0.6) is 0 Å². The minimum absolute atomic E-state index is 0.0625. The smallest absolute Gasteiger partial charge is 0.354 e. The molecule has 0 saturated heterocycles. The van der Waals surface area contributed by atoms with Gasteiger partial charge in [0.15, 0.2) is 0 Å². The van der Waals surface area contributed by atoms with E-state index < -0.39 is 4.92 Å². The zero-order valence-electron chi connectivity index (χ0n) is 13.5. The molecule has 0 fully saturated rings. The van der Waals surface area contributed by atoms with Gasteiger partial charge in [0, 0.05) is 11.6 Å². The lowest BCUT2D eigenvalue weighted by Gasteiger charge is -2.11. The van der Waals surface area contributed by atoms with Crippen LogP contribution in [0.2, 0.25) is 5.02 Å². The number of hydrogen-bond acceptors (Lipinski definition) is 7. The Balaban J connectivity index is 1.77. The first kappa shape index (κ1) is 17.4. The molecule has 0 amide bonds. The molecule has 2 aromatic carbocycles. The van der Waals surface area contributed by atoms with E-state index in [9.17, 15) is 10.1 Å². The van der Waals surface area contributed by atoms with Crippen LogP contribution >= 0.6 is 11.6 Å². The zero-order chi connectivity index (χ0) is 18.4. The average molecular weight is 371 g/mol. The largest absolute Gasteiger partial charge is 0.360 e. The van der Waals surface area contributed by atoms with Gasteiger partial charge in [0.05, 0.1) is 10.6 Å². The van der Waals surface area contributed by atoms with E-state index in [0.717, 1.165) is 11.3 Å². The number of nitrogens with zero attached hydrogens (tertiary/aromatic N) is 3. The molecule has 3 N–H and O–H groups in total. The fraction of sp³-hybridized carbons (Fsp3) is 0.0588. The van der Waals surface area contributed by atoms with Crippen LogP contribution in [0, 0.1) is 10.1 Å². The molecule has 0 aliphatic rings. The minimum atomic E-state index is -0.529. The molecule has 3 aromatic rings. The topological polar surface area (TPSA) is 105 Å². The molecule has 8 nitrogen and oxygen atoms in total. The number of hydrazine groups is 1. The van der Waals surface area contributed by atoms with Crippen LogP contribution in [-0.4, -0.2) is 14.9 Å². The summed E-state index contributed by atoms with van der Waals surface area (Å²) in [5.41, 5.74) is 7.05. The van der Waals surface area contributed by atoms with Gasteiger partial charge in [-0.25, -0.2) is 9.97 Å². The van der Waals surface area contributed by atoms with Crippen molar-refractivity contribution in [3.8, 4) is 0 Å². The number of halogens is 1. The Morgan fingerprint density at radius 1 is 0.962 bits per heavy atom. The van der Waals surface area contributed by atoms with Gasteiger partial charge in [-0.2, -0.15) is 0 Å². The second-order valence-corrected chi connectivity index (χ2v) is 5.71. The molecule has 0 aliphatic carbocycles. The molecule has 0 atom stereocenters. The van der Waals surface area contributed by atoms with E-state index in [1.54, 1.807) is 12.1 Å². The van der Waals surface area contributed by atoms with Crippen LogP contribution < -0.4 is 16.2 Å². The molecule has 0 unspecified atom stereocenters. The summed E-state index contributed by atoms with van der Waals surface area (Å²) in [6, 6.07) is 16.4. The van der Waals surface area contributed by atoms with Crippen molar-refractivity contribution in [1.29, 1.82) is 0 Å². The van der Waals surface area contributed by atoms with Gasteiger partial charge in [0.2, 0.25) is 11.6 Å². The number of hydrogen-bond donors (Lipinski definition) is 3. The maximum Gasteiger partial charge on any atom is 0.354 e. The monoisotopic (exact) mass is 370 g/mol. The highest BCUT2D eigenvalue weighted by Gasteiger charge is 2.22. The summed E-state index contributed by atoms with van der Waals surface area (Å²) in [6.07, 6.45) is 1.26. The lowest BCUT2D eigenvalue weighted by atomic mass is 10.2. The summed E-state index contributed by atoms with van der Waals surface area (Å²) in [4.78, 5) is 18.9. The van der Waals surface area contributed by atoms with Gasteiger partial charge in [-0.15, -0.1) is 0 Å². The lowest BCUT2D eigenvalue weighted by Crippen LogP contribution is -2.14. The van der Waals surface area contributed by atoms with Crippen molar-refractivity contribution in [3.63, 3.8) is 0 Å². The highest BCUT2D eigenvalue weighted by Crippen LogP contribution is 2.29. The van der Waals surface area contributed by atoms with Crippen molar-refractivity contribution in [2.75, 3.05) is 16.2 Å². The van der Waals surface area contributed by atoms with Crippen LogP contribution in [0.1, 0.15) is 5.56 Å². The summed E-state index contributed by atoms with van der Waals surface area (Å²) in [5.74, 6) is 0.185. The van der Waals surface area contributed by atoms with E-state index in [-0.39, 0.29) is 17.3 Å². The molecule has 0 radical (unpaired) electrons. The van der Waals surface area contributed by atoms with Crippen molar-refractivity contribution < 1.29 is 4.92 Å². The molecular weight excluding hydrogens is 356 g/mol. The van der Waals surface area contributed by atoms with Gasteiger partial charge in [0.1, 0.15) is 6.33 Å². The van der Waals surface area contributed by atoms with Crippen LogP contribution in [0.25, 0.3) is 0 Å². The minimum Gasteiger partial charge on any atom is -0.360 e. The first-order valence-electron chi connectivity index (χ1n) is 7.68. The van der Waals surface area contributed by atoms with Crippen LogP contribution in [0.15, 0.2) is 60.9 Å². The maximum absolute atomic E-state index is 11.5. The molecule has 0 bridgehead atoms. The second-order valence-electron chi connectivity index (χ2n) is 5.27. The molecule has 9 heteroatoms. The quantitative estimate of drug-likeness (QED) is 0.425. The highest BCUT2D eigenvalue weighted by atomic mass is 35.5. The number of nitro groups is 1. The molecule has 26 heavy (non-hydrogen) atoms. The van der Waals surface area contributed by atoms with E-state index in [0.29, 0.717) is 11.6 Å². The van der Waals surface area contributed by atoms with E-state index in [1.807, 2.05) is 42.5 Å². The van der Waals surface area contributed by atoms with E-state index in [2.05, 4.69) is 26.1 Å². The van der Waals surface area contributed by atoms with Gasteiger partial charge in [-0.05, 0) is 29.8 Å². The summed E-state index contributed by atoms with van der Waals surface area (Å²) >= 11 is 5.86. The Kier molecular flexibility index (Phi) is 5.45. The number of nitrogens with one attached hydrogen (secondary N) is 3. The van der Waals surface area contributed by atoms with Crippen molar-refractivity contribution >= 4 is 34.6 Å². The lowest BCUT2D eigenvalue weighted by molar-refractivity contribution is -0.383. The van der Waals surface area contributed by atoms with Gasteiger partial charge >= 0.3 is 5.69 Å². The van der Waals surface area contributed by atoms with E-state index in [1.165, 1.54) is 6.33 Å². The molecule has 132 valence electrons. The molecule has 0 saturated carbocycles. The normalized spacial score (nSPS) is 10.2. The second kappa shape index (κ2) is 8.13. The van der Waals surface area contributed by atoms with Gasteiger partial charge in [-0.1, -0.05) is 41.9 Å². The standard InChI is InChI=1S/C17H15ClN6O2/c18-13-8-6-12(7-9-13)10-19-16-15(24(25)26)17(21-11-20-16)23-22-14-4-2-1-3-5-14/h1-9,11,22H,10H2,(H2,19,20,21,23). The third kappa shape index (κ3) is 4.37. The summed E-state index contributed by atoms with van der Waals surface area (Å²) in [5, 5.41) is 15.1. The van der Waals surface area contributed by atoms with Gasteiger partial charge in [0.25, 0.3) is 0 Å². The number of rotatable bonds is 7. The highest BCUT2D eigenvalue weighted by molar-refractivity contribution is 6.30. The zero-order valence-corrected chi connectivity index (χ0v) is 14.3. The Morgan fingerprint density at radius 2 is 1.65 bits per heavy atom. The Morgan fingerprint density at radius 3 is 2.35 bits per heavy atom. The number of aromatic nitrogens is 2. The first-order chi connectivity index (χ1) is 12.6. The number of para-hydroxylation sites is 1. The fourth-order valence-electron chi connectivity index (χ4n) is 2.21. The van der Waals surface area contributed by atoms with Gasteiger partial charge in [-0.3, -0.25) is 21.0 Å². The third-order valence-corrected chi connectivity index (χ3v) is 3.73. The van der Waals surface area contributed by atoms with E-state index in [4.69, 9.17) is 11.6 Å². The SMILES string of the molecule is O=[N+]([O-])c1c(NCc2ccc(Cl)cc2)ncnc1NNc1ccccc1. The Labute approximate surface area is 154 Å². The van der Waals surface area contributed by atoms with Crippen molar-refractivity contribution in [1.82, 2.24) is 9.97 Å². The molecule has 1 heterocycles. The summed E-state index contributed by atoms with van der Waals surface area (Å²) in [7, 11) is 0. The molecule has 3 rings (SSSR count).